The minimum Gasteiger partial charge on any atom is -0.329 e. The molecule has 1 saturated heterocycles. The number of likely N-dealkylation sites (tertiary alicyclic amines) is 1. The van der Waals surface area contributed by atoms with E-state index >= 15 is 0 Å². The minimum absolute atomic E-state index is 0. The second-order valence-corrected chi connectivity index (χ2v) is 4.42. The van der Waals surface area contributed by atoms with Crippen molar-refractivity contribution in [2.45, 2.75) is 38.4 Å². The van der Waals surface area contributed by atoms with Crippen LogP contribution in [0.25, 0.3) is 0 Å². The Labute approximate surface area is 101 Å². The number of rotatable bonds is 3. The van der Waals surface area contributed by atoms with E-state index in [1.54, 1.807) is 0 Å². The third-order valence-electron chi connectivity index (χ3n) is 3.05. The van der Waals surface area contributed by atoms with Crippen molar-refractivity contribution in [3.8, 4) is 0 Å². The van der Waals surface area contributed by atoms with Gasteiger partial charge in [-0.05, 0) is 25.3 Å². The van der Waals surface area contributed by atoms with Crippen LogP contribution in [-0.4, -0.2) is 36.8 Å². The van der Waals surface area contributed by atoms with Gasteiger partial charge < -0.3 is 5.73 Å². The van der Waals surface area contributed by atoms with E-state index < -0.39 is 12.6 Å². The van der Waals surface area contributed by atoms with Gasteiger partial charge in [-0.15, -0.1) is 12.4 Å². The molecule has 0 amide bonds. The summed E-state index contributed by atoms with van der Waals surface area (Å²) in [5, 5.41) is 0. The molecule has 1 fully saturated rings. The highest BCUT2D eigenvalue weighted by atomic mass is 35.5. The first kappa shape index (κ1) is 16.0. The quantitative estimate of drug-likeness (QED) is 0.845. The number of nitrogens with zero attached hydrogens (tertiary/aromatic N) is 1. The average molecular weight is 261 g/mol. The van der Waals surface area contributed by atoms with E-state index in [4.69, 9.17) is 5.73 Å². The summed E-state index contributed by atoms with van der Waals surface area (Å²) in [5.74, 6) is 0.584. The number of hydrogen-bond donors (Lipinski definition) is 1. The predicted octanol–water partition coefficient (Wildman–Crippen LogP) is 2.42. The zero-order chi connectivity index (χ0) is 11.5. The monoisotopic (exact) mass is 260 g/mol. The normalized spacial score (nSPS) is 27.6. The highest BCUT2D eigenvalue weighted by Gasteiger charge is 2.31. The topological polar surface area (TPSA) is 29.3 Å². The Kier molecular flexibility index (Phi) is 6.67. The van der Waals surface area contributed by atoms with Crippen molar-refractivity contribution >= 4 is 12.4 Å². The largest absolute Gasteiger partial charge is 0.390 e. The Bertz CT molecular complexity index is 199. The maximum Gasteiger partial charge on any atom is 0.390 e. The van der Waals surface area contributed by atoms with E-state index in [0.717, 1.165) is 19.4 Å². The van der Waals surface area contributed by atoms with Gasteiger partial charge in [0, 0.05) is 19.1 Å². The Hall–Kier alpha value is 0. The highest BCUT2D eigenvalue weighted by Crippen LogP contribution is 2.25. The molecule has 1 heterocycles. The van der Waals surface area contributed by atoms with Crippen LogP contribution in [0.15, 0.2) is 0 Å². The SMILES string of the molecule is CC1CCN(CCC(F)(F)F)C(CN)C1.Cl. The lowest BCUT2D eigenvalue weighted by atomic mass is 9.92. The van der Waals surface area contributed by atoms with Gasteiger partial charge >= 0.3 is 6.18 Å². The molecule has 0 aromatic rings. The molecule has 2 atom stereocenters. The lowest BCUT2D eigenvalue weighted by molar-refractivity contribution is -0.140. The average Bonchev–Trinajstić information content (AvgIpc) is 2.14. The van der Waals surface area contributed by atoms with Gasteiger partial charge in [0.1, 0.15) is 0 Å². The molecule has 1 aliphatic rings. The Morgan fingerprint density at radius 3 is 2.50 bits per heavy atom. The summed E-state index contributed by atoms with van der Waals surface area (Å²) >= 11 is 0. The van der Waals surface area contributed by atoms with Gasteiger partial charge in [0.05, 0.1) is 6.42 Å². The molecule has 16 heavy (non-hydrogen) atoms. The van der Waals surface area contributed by atoms with Crippen molar-refractivity contribution in [2.24, 2.45) is 11.7 Å². The fourth-order valence-corrected chi connectivity index (χ4v) is 2.11. The second-order valence-electron chi connectivity index (χ2n) is 4.42. The molecule has 2 nitrogen and oxygen atoms in total. The molecule has 2 N–H and O–H groups in total. The maximum absolute atomic E-state index is 12.1. The minimum atomic E-state index is -4.05. The predicted molar refractivity (Wildman–Crippen MR) is 60.7 cm³/mol. The van der Waals surface area contributed by atoms with Crippen LogP contribution in [0.2, 0.25) is 0 Å². The van der Waals surface area contributed by atoms with Crippen LogP contribution in [0.5, 0.6) is 0 Å². The molecule has 6 heteroatoms. The van der Waals surface area contributed by atoms with Crippen LogP contribution in [0.1, 0.15) is 26.2 Å². The molecule has 0 saturated carbocycles. The summed E-state index contributed by atoms with van der Waals surface area (Å²) in [4.78, 5) is 1.88. The summed E-state index contributed by atoms with van der Waals surface area (Å²) in [6.45, 7) is 3.43. The molecule has 2 unspecified atom stereocenters. The number of piperidine rings is 1. The third kappa shape index (κ3) is 5.37. The van der Waals surface area contributed by atoms with Crippen molar-refractivity contribution < 1.29 is 13.2 Å². The molecule has 1 rings (SSSR count). The molecular formula is C10H20ClF3N2. The van der Waals surface area contributed by atoms with E-state index in [2.05, 4.69) is 6.92 Å². The highest BCUT2D eigenvalue weighted by molar-refractivity contribution is 5.85. The molecule has 0 aromatic heterocycles. The van der Waals surface area contributed by atoms with Crippen LogP contribution in [0.3, 0.4) is 0 Å². The first-order chi connectivity index (χ1) is 6.92. The van der Waals surface area contributed by atoms with E-state index in [-0.39, 0.29) is 25.0 Å². The van der Waals surface area contributed by atoms with Crippen LogP contribution < -0.4 is 5.73 Å². The van der Waals surface area contributed by atoms with Crippen LogP contribution in [0, 0.1) is 5.92 Å². The van der Waals surface area contributed by atoms with Crippen LogP contribution in [-0.2, 0) is 0 Å². The summed E-state index contributed by atoms with van der Waals surface area (Å²) in [6, 6.07) is 0.135. The maximum atomic E-state index is 12.1. The van der Waals surface area contributed by atoms with E-state index in [0.29, 0.717) is 12.5 Å². The first-order valence-corrected chi connectivity index (χ1v) is 5.43. The smallest absolute Gasteiger partial charge is 0.329 e. The molecule has 0 spiro atoms. The van der Waals surface area contributed by atoms with E-state index in [1.807, 2.05) is 4.90 Å². The summed E-state index contributed by atoms with van der Waals surface area (Å²) in [5.41, 5.74) is 5.57. The van der Waals surface area contributed by atoms with Gasteiger partial charge in [-0.3, -0.25) is 4.90 Å². The van der Waals surface area contributed by atoms with Crippen molar-refractivity contribution in [1.29, 1.82) is 0 Å². The summed E-state index contributed by atoms with van der Waals surface area (Å²) in [7, 11) is 0. The summed E-state index contributed by atoms with van der Waals surface area (Å²) in [6.07, 6.45) is -2.87. The van der Waals surface area contributed by atoms with Crippen LogP contribution in [0.4, 0.5) is 13.2 Å². The first-order valence-electron chi connectivity index (χ1n) is 5.43. The Morgan fingerprint density at radius 1 is 1.38 bits per heavy atom. The zero-order valence-corrected chi connectivity index (χ0v) is 10.3. The number of halogens is 4. The molecule has 1 aliphatic heterocycles. The van der Waals surface area contributed by atoms with Crippen molar-refractivity contribution in [3.63, 3.8) is 0 Å². The zero-order valence-electron chi connectivity index (χ0n) is 9.46. The lowest BCUT2D eigenvalue weighted by Gasteiger charge is -2.38. The van der Waals surface area contributed by atoms with E-state index in [9.17, 15) is 13.2 Å². The standard InChI is InChI=1S/C10H19F3N2.ClH/c1-8-2-4-15(9(6-8)7-14)5-3-10(11,12)13;/h8-9H,2-7,14H2,1H3;1H. The fraction of sp³-hybridized carbons (Fsp3) is 1.00. The van der Waals surface area contributed by atoms with Crippen molar-refractivity contribution in [3.05, 3.63) is 0 Å². The number of hydrogen-bond acceptors (Lipinski definition) is 2. The van der Waals surface area contributed by atoms with Gasteiger partial charge in [-0.25, -0.2) is 0 Å². The molecule has 0 aromatic carbocycles. The van der Waals surface area contributed by atoms with Gasteiger partial charge in [-0.2, -0.15) is 13.2 Å². The number of nitrogens with two attached hydrogens (primary N) is 1. The molecule has 98 valence electrons. The van der Waals surface area contributed by atoms with Gasteiger partial charge in [0.15, 0.2) is 0 Å². The van der Waals surface area contributed by atoms with Gasteiger partial charge in [0.2, 0.25) is 0 Å². The molecule has 0 aliphatic carbocycles. The van der Waals surface area contributed by atoms with Crippen LogP contribution >= 0.6 is 12.4 Å². The van der Waals surface area contributed by atoms with E-state index in [1.165, 1.54) is 0 Å². The lowest BCUT2D eigenvalue weighted by Crippen LogP contribution is -2.47. The molecular weight excluding hydrogens is 241 g/mol. The summed E-state index contributed by atoms with van der Waals surface area (Å²) < 4.78 is 36.2. The number of alkyl halides is 3. The Morgan fingerprint density at radius 2 is 2.00 bits per heavy atom. The van der Waals surface area contributed by atoms with Crippen molar-refractivity contribution in [2.75, 3.05) is 19.6 Å². The Balaban J connectivity index is 0.00000225. The van der Waals surface area contributed by atoms with Gasteiger partial charge in [-0.1, -0.05) is 6.92 Å². The van der Waals surface area contributed by atoms with Crippen molar-refractivity contribution in [1.82, 2.24) is 4.90 Å². The molecule has 0 radical (unpaired) electrons. The third-order valence-corrected chi connectivity index (χ3v) is 3.05. The fourth-order valence-electron chi connectivity index (χ4n) is 2.11. The van der Waals surface area contributed by atoms with Gasteiger partial charge in [0.25, 0.3) is 0 Å². The second kappa shape index (κ2) is 6.67. The molecule has 0 bridgehead atoms.